The Morgan fingerprint density at radius 2 is 1.70 bits per heavy atom. The van der Waals surface area contributed by atoms with Gasteiger partial charge in [0.15, 0.2) is 0 Å². The van der Waals surface area contributed by atoms with Gasteiger partial charge < -0.3 is 5.32 Å². The molecule has 0 bridgehead atoms. The lowest BCUT2D eigenvalue weighted by molar-refractivity contribution is -0.384. The van der Waals surface area contributed by atoms with Gasteiger partial charge in [-0.25, -0.2) is 0 Å². The number of carbonyl (C=O) groups is 1. The Labute approximate surface area is 124 Å². The molecular formula is C13H8Cl2N2O3. The number of rotatable bonds is 3. The van der Waals surface area contributed by atoms with E-state index in [2.05, 4.69) is 5.32 Å². The minimum atomic E-state index is -0.570. The molecule has 102 valence electrons. The van der Waals surface area contributed by atoms with Gasteiger partial charge in [0.25, 0.3) is 11.6 Å². The molecule has 2 aromatic rings. The molecule has 1 amide bonds. The molecule has 2 rings (SSSR count). The van der Waals surface area contributed by atoms with E-state index in [0.29, 0.717) is 0 Å². The summed E-state index contributed by atoms with van der Waals surface area (Å²) in [5.41, 5.74) is 0.255. The van der Waals surface area contributed by atoms with Gasteiger partial charge in [-0.15, -0.1) is 0 Å². The van der Waals surface area contributed by atoms with Crippen LogP contribution < -0.4 is 5.32 Å². The van der Waals surface area contributed by atoms with Gasteiger partial charge in [0, 0.05) is 17.7 Å². The van der Waals surface area contributed by atoms with Crippen molar-refractivity contribution in [3.05, 3.63) is 68.2 Å². The second kappa shape index (κ2) is 5.90. The Hall–Kier alpha value is -2.11. The SMILES string of the molecule is O=C(Nc1c(Cl)cccc1Cl)c1cccc([N+](=O)[O-])c1. The molecule has 0 aromatic heterocycles. The summed E-state index contributed by atoms with van der Waals surface area (Å²) in [6.45, 7) is 0. The Kier molecular flexibility index (Phi) is 4.22. The Bertz CT molecular complexity index is 669. The summed E-state index contributed by atoms with van der Waals surface area (Å²) >= 11 is 11.9. The smallest absolute Gasteiger partial charge is 0.270 e. The van der Waals surface area contributed by atoms with Crippen LogP contribution in [-0.4, -0.2) is 10.8 Å². The van der Waals surface area contributed by atoms with Crippen molar-refractivity contribution < 1.29 is 9.72 Å². The molecule has 2 aromatic carbocycles. The Balaban J connectivity index is 2.29. The quantitative estimate of drug-likeness (QED) is 0.683. The van der Waals surface area contributed by atoms with E-state index in [1.807, 2.05) is 0 Å². The molecule has 0 radical (unpaired) electrons. The summed E-state index contributed by atoms with van der Waals surface area (Å²) in [6, 6.07) is 10.2. The minimum absolute atomic E-state index is 0.148. The number of amides is 1. The summed E-state index contributed by atoms with van der Waals surface area (Å²) in [6.07, 6.45) is 0. The van der Waals surface area contributed by atoms with Gasteiger partial charge in [0.05, 0.1) is 20.7 Å². The number of non-ortho nitro benzene ring substituents is 1. The van der Waals surface area contributed by atoms with E-state index >= 15 is 0 Å². The van der Waals surface area contributed by atoms with Gasteiger partial charge in [-0.1, -0.05) is 35.3 Å². The fraction of sp³-hybridized carbons (Fsp3) is 0. The van der Waals surface area contributed by atoms with Crippen LogP contribution in [0.15, 0.2) is 42.5 Å². The second-order valence-electron chi connectivity index (χ2n) is 3.86. The third-order valence-corrected chi connectivity index (χ3v) is 3.15. The average molecular weight is 311 g/mol. The standard InChI is InChI=1S/C13H8Cl2N2O3/c14-10-5-2-6-11(15)12(10)16-13(18)8-3-1-4-9(7-8)17(19)20/h1-7H,(H,16,18). The van der Waals surface area contributed by atoms with Crippen LogP contribution in [0.2, 0.25) is 10.0 Å². The third-order valence-electron chi connectivity index (χ3n) is 2.52. The van der Waals surface area contributed by atoms with Crippen molar-refractivity contribution in [2.45, 2.75) is 0 Å². The molecule has 0 aliphatic carbocycles. The molecule has 0 saturated heterocycles. The van der Waals surface area contributed by atoms with Crippen LogP contribution in [0.3, 0.4) is 0 Å². The zero-order valence-corrected chi connectivity index (χ0v) is 11.5. The number of nitrogens with one attached hydrogen (secondary N) is 1. The molecule has 5 nitrogen and oxygen atoms in total. The van der Waals surface area contributed by atoms with E-state index in [9.17, 15) is 14.9 Å². The molecule has 1 N–H and O–H groups in total. The number of hydrogen-bond donors (Lipinski definition) is 1. The van der Waals surface area contributed by atoms with E-state index in [0.717, 1.165) is 0 Å². The first-order valence-corrected chi connectivity index (χ1v) is 6.24. The number of nitro benzene ring substituents is 1. The number of halogens is 2. The Morgan fingerprint density at radius 3 is 2.30 bits per heavy atom. The third kappa shape index (κ3) is 3.07. The van der Waals surface area contributed by atoms with Crippen LogP contribution in [0.25, 0.3) is 0 Å². The summed E-state index contributed by atoms with van der Waals surface area (Å²) in [7, 11) is 0. The number of para-hydroxylation sites is 1. The second-order valence-corrected chi connectivity index (χ2v) is 4.67. The fourth-order valence-corrected chi connectivity index (χ4v) is 2.06. The lowest BCUT2D eigenvalue weighted by Crippen LogP contribution is -2.12. The van der Waals surface area contributed by atoms with E-state index in [1.165, 1.54) is 24.3 Å². The molecule has 0 saturated carbocycles. The zero-order valence-electron chi connectivity index (χ0n) is 9.97. The maximum Gasteiger partial charge on any atom is 0.270 e. The fourth-order valence-electron chi connectivity index (χ4n) is 1.56. The van der Waals surface area contributed by atoms with Gasteiger partial charge in [-0.2, -0.15) is 0 Å². The lowest BCUT2D eigenvalue weighted by Gasteiger charge is -2.08. The van der Waals surface area contributed by atoms with Crippen LogP contribution in [-0.2, 0) is 0 Å². The lowest BCUT2D eigenvalue weighted by atomic mass is 10.2. The summed E-state index contributed by atoms with van der Waals surface area (Å²) in [4.78, 5) is 22.1. The molecule has 0 aliphatic heterocycles. The van der Waals surface area contributed by atoms with Crippen molar-refractivity contribution in [1.82, 2.24) is 0 Å². The highest BCUT2D eigenvalue weighted by Crippen LogP contribution is 2.30. The largest absolute Gasteiger partial charge is 0.319 e. The number of hydrogen-bond acceptors (Lipinski definition) is 3. The van der Waals surface area contributed by atoms with Gasteiger partial charge in [0.2, 0.25) is 0 Å². The van der Waals surface area contributed by atoms with Gasteiger partial charge in [0.1, 0.15) is 0 Å². The van der Waals surface area contributed by atoms with E-state index in [1.54, 1.807) is 18.2 Å². The number of nitro groups is 1. The van der Waals surface area contributed by atoms with Crippen LogP contribution in [0.4, 0.5) is 11.4 Å². The highest BCUT2D eigenvalue weighted by atomic mass is 35.5. The highest BCUT2D eigenvalue weighted by molar-refractivity contribution is 6.40. The van der Waals surface area contributed by atoms with E-state index in [4.69, 9.17) is 23.2 Å². The van der Waals surface area contributed by atoms with Crippen molar-refractivity contribution in [2.24, 2.45) is 0 Å². The van der Waals surface area contributed by atoms with Crippen LogP contribution in [0.5, 0.6) is 0 Å². The van der Waals surface area contributed by atoms with Crippen LogP contribution >= 0.6 is 23.2 Å². The average Bonchev–Trinajstić information content (AvgIpc) is 2.43. The predicted molar refractivity (Wildman–Crippen MR) is 77.5 cm³/mol. The van der Waals surface area contributed by atoms with Gasteiger partial charge in [-0.3, -0.25) is 14.9 Å². The van der Waals surface area contributed by atoms with Crippen LogP contribution in [0, 0.1) is 10.1 Å². The topological polar surface area (TPSA) is 72.2 Å². The summed E-state index contributed by atoms with van der Waals surface area (Å²) < 4.78 is 0. The van der Waals surface area contributed by atoms with Crippen molar-refractivity contribution in [3.63, 3.8) is 0 Å². The molecule has 0 heterocycles. The van der Waals surface area contributed by atoms with Crippen molar-refractivity contribution >= 4 is 40.5 Å². The monoisotopic (exact) mass is 310 g/mol. The maximum absolute atomic E-state index is 12.0. The first-order chi connectivity index (χ1) is 9.49. The van der Waals surface area contributed by atoms with Crippen molar-refractivity contribution in [1.29, 1.82) is 0 Å². The van der Waals surface area contributed by atoms with E-state index in [-0.39, 0.29) is 27.0 Å². The minimum Gasteiger partial charge on any atom is -0.319 e. The molecule has 0 atom stereocenters. The molecule has 20 heavy (non-hydrogen) atoms. The molecular weight excluding hydrogens is 303 g/mol. The first-order valence-electron chi connectivity index (χ1n) is 5.49. The highest BCUT2D eigenvalue weighted by Gasteiger charge is 2.14. The molecule has 0 aliphatic rings. The number of anilines is 1. The number of benzene rings is 2. The maximum atomic E-state index is 12.0. The molecule has 0 fully saturated rings. The Morgan fingerprint density at radius 1 is 1.10 bits per heavy atom. The summed E-state index contributed by atoms with van der Waals surface area (Å²) in [5.74, 6) is -0.524. The van der Waals surface area contributed by atoms with E-state index < -0.39 is 10.8 Å². The first kappa shape index (κ1) is 14.3. The molecule has 0 unspecified atom stereocenters. The zero-order chi connectivity index (χ0) is 14.7. The molecule has 0 spiro atoms. The van der Waals surface area contributed by atoms with Crippen molar-refractivity contribution in [3.8, 4) is 0 Å². The van der Waals surface area contributed by atoms with Crippen LogP contribution in [0.1, 0.15) is 10.4 Å². The number of carbonyl (C=O) groups excluding carboxylic acids is 1. The predicted octanol–water partition coefficient (Wildman–Crippen LogP) is 4.15. The van der Waals surface area contributed by atoms with Gasteiger partial charge in [-0.05, 0) is 18.2 Å². The van der Waals surface area contributed by atoms with Gasteiger partial charge >= 0.3 is 0 Å². The molecule has 7 heteroatoms. The number of nitrogens with zero attached hydrogens (tertiary/aromatic N) is 1. The summed E-state index contributed by atoms with van der Waals surface area (Å²) in [5, 5.41) is 13.8. The normalized spacial score (nSPS) is 10.1. The van der Waals surface area contributed by atoms with Crippen molar-refractivity contribution in [2.75, 3.05) is 5.32 Å².